The van der Waals surface area contributed by atoms with E-state index >= 15 is 0 Å². The lowest BCUT2D eigenvalue weighted by Crippen LogP contribution is -2.49. The molecule has 26 heavy (non-hydrogen) atoms. The van der Waals surface area contributed by atoms with Gasteiger partial charge in [0.25, 0.3) is 0 Å². The second-order valence-electron chi connectivity index (χ2n) is 6.04. The summed E-state index contributed by atoms with van der Waals surface area (Å²) in [6.45, 7) is 4.01. The van der Waals surface area contributed by atoms with Gasteiger partial charge in [0.05, 0.1) is 38.5 Å². The van der Waals surface area contributed by atoms with Crippen LogP contribution in [-0.4, -0.2) is 97.1 Å². The predicted molar refractivity (Wildman–Crippen MR) is 93.8 cm³/mol. The zero-order chi connectivity index (χ0) is 19.4. The maximum absolute atomic E-state index is 11.2. The van der Waals surface area contributed by atoms with Gasteiger partial charge in [-0.05, 0) is 0 Å². The van der Waals surface area contributed by atoms with Gasteiger partial charge >= 0.3 is 11.9 Å². The molecule has 0 unspecified atom stereocenters. The lowest BCUT2D eigenvalue weighted by Gasteiger charge is -2.34. The van der Waals surface area contributed by atoms with Crippen LogP contribution in [0.2, 0.25) is 0 Å². The van der Waals surface area contributed by atoms with Gasteiger partial charge in [-0.3, -0.25) is 19.4 Å². The van der Waals surface area contributed by atoms with Crippen LogP contribution in [0.25, 0.3) is 0 Å². The number of methoxy groups -OCH3 is 2. The van der Waals surface area contributed by atoms with Crippen LogP contribution in [0.5, 0.6) is 0 Å². The van der Waals surface area contributed by atoms with Crippen LogP contribution in [0.1, 0.15) is 25.7 Å². The van der Waals surface area contributed by atoms with Crippen LogP contribution in [0.15, 0.2) is 10.3 Å². The maximum Gasteiger partial charge on any atom is 0.305 e. The molecule has 1 aliphatic heterocycles. The number of oxime groups is 2. The Morgan fingerprint density at radius 2 is 1.12 bits per heavy atom. The van der Waals surface area contributed by atoms with E-state index in [9.17, 15) is 9.59 Å². The van der Waals surface area contributed by atoms with Crippen LogP contribution in [-0.2, 0) is 19.1 Å². The Balaban J connectivity index is 2.34. The largest absolute Gasteiger partial charge is 0.469 e. The second kappa shape index (κ2) is 12.2. The van der Waals surface area contributed by atoms with E-state index in [1.807, 2.05) is 0 Å². The molecule has 1 rings (SSSR count). The smallest absolute Gasteiger partial charge is 0.305 e. The van der Waals surface area contributed by atoms with Gasteiger partial charge in [-0.1, -0.05) is 10.3 Å². The first-order chi connectivity index (χ1) is 12.5. The lowest BCUT2D eigenvalue weighted by atomic mass is 10.1. The van der Waals surface area contributed by atoms with Crippen LogP contribution in [0, 0.1) is 0 Å². The molecule has 1 heterocycles. The highest BCUT2D eigenvalue weighted by atomic mass is 16.5. The summed E-state index contributed by atoms with van der Waals surface area (Å²) in [5, 5.41) is 24.7. The highest BCUT2D eigenvalue weighted by Crippen LogP contribution is 2.06. The minimum absolute atomic E-state index is 0.187. The van der Waals surface area contributed by atoms with E-state index in [2.05, 4.69) is 29.6 Å². The molecule has 10 nitrogen and oxygen atoms in total. The van der Waals surface area contributed by atoms with Gasteiger partial charge < -0.3 is 19.9 Å². The van der Waals surface area contributed by atoms with Crippen molar-refractivity contribution in [3.05, 3.63) is 0 Å². The molecule has 148 valence electrons. The zero-order valence-electron chi connectivity index (χ0n) is 15.4. The molecule has 0 bridgehead atoms. The van der Waals surface area contributed by atoms with Gasteiger partial charge in [0.1, 0.15) is 0 Å². The number of ether oxygens (including phenoxy) is 2. The van der Waals surface area contributed by atoms with E-state index < -0.39 is 0 Å². The molecule has 1 fully saturated rings. The predicted octanol–water partition coefficient (Wildman–Crippen LogP) is 0.171. The summed E-state index contributed by atoms with van der Waals surface area (Å²) < 4.78 is 9.16. The Kier molecular flexibility index (Phi) is 10.3. The van der Waals surface area contributed by atoms with Crippen molar-refractivity contribution in [1.29, 1.82) is 0 Å². The van der Waals surface area contributed by atoms with Gasteiger partial charge in [-0.25, -0.2) is 0 Å². The fraction of sp³-hybridized carbons (Fsp3) is 0.750. The molecular formula is C16H28N4O6. The Labute approximate surface area is 153 Å². The number of hydrogen-bond acceptors (Lipinski definition) is 10. The summed E-state index contributed by atoms with van der Waals surface area (Å²) >= 11 is 0. The first-order valence-corrected chi connectivity index (χ1v) is 8.50. The first-order valence-electron chi connectivity index (χ1n) is 8.50. The van der Waals surface area contributed by atoms with Gasteiger partial charge in [0, 0.05) is 52.1 Å². The molecule has 10 heteroatoms. The first kappa shape index (κ1) is 21.8. The normalized spacial score (nSPS) is 17.2. The molecule has 0 aromatic carbocycles. The minimum atomic E-state index is -0.334. The Morgan fingerprint density at radius 3 is 1.38 bits per heavy atom. The molecule has 2 N–H and O–H groups in total. The van der Waals surface area contributed by atoms with Crippen molar-refractivity contribution in [2.24, 2.45) is 10.3 Å². The number of esters is 2. The number of hydrogen-bond donors (Lipinski definition) is 2. The molecule has 1 aliphatic rings. The van der Waals surface area contributed by atoms with Gasteiger partial charge in [0.2, 0.25) is 0 Å². The van der Waals surface area contributed by atoms with Crippen molar-refractivity contribution in [2.75, 3.05) is 53.5 Å². The summed E-state index contributed by atoms with van der Waals surface area (Å²) in [5.41, 5.74) is 1.08. The van der Waals surface area contributed by atoms with Gasteiger partial charge in [-0.2, -0.15) is 0 Å². The third kappa shape index (κ3) is 8.26. The number of nitrogens with zero attached hydrogens (tertiary/aromatic N) is 4. The average Bonchev–Trinajstić information content (AvgIpc) is 2.68. The fourth-order valence-corrected chi connectivity index (χ4v) is 2.64. The Morgan fingerprint density at radius 1 is 0.769 bits per heavy atom. The SMILES string of the molecule is COC(=O)CC/C(CN1CCN(C/C(CCC(=O)OC)=N/O)CC1)=N/O. The summed E-state index contributed by atoms with van der Waals surface area (Å²) in [4.78, 5) is 26.6. The molecule has 1 saturated heterocycles. The fourth-order valence-electron chi connectivity index (χ4n) is 2.64. The van der Waals surface area contributed by atoms with Gasteiger partial charge in [0.15, 0.2) is 0 Å². The third-order valence-electron chi connectivity index (χ3n) is 4.25. The third-order valence-corrected chi connectivity index (χ3v) is 4.25. The molecule has 0 saturated carbocycles. The number of piperazine rings is 1. The molecule has 0 amide bonds. The number of rotatable bonds is 10. The highest BCUT2D eigenvalue weighted by Gasteiger charge is 2.20. The molecule has 0 radical (unpaired) electrons. The molecule has 0 spiro atoms. The minimum Gasteiger partial charge on any atom is -0.469 e. The van der Waals surface area contributed by atoms with E-state index in [1.54, 1.807) is 0 Å². The van der Waals surface area contributed by atoms with Crippen molar-refractivity contribution < 1.29 is 29.5 Å². The molecule has 0 atom stereocenters. The quantitative estimate of drug-likeness (QED) is 0.241. The topological polar surface area (TPSA) is 124 Å². The number of carbonyl (C=O) groups is 2. The van der Waals surface area contributed by atoms with Crippen molar-refractivity contribution in [3.8, 4) is 0 Å². The van der Waals surface area contributed by atoms with Crippen molar-refractivity contribution in [3.63, 3.8) is 0 Å². The van der Waals surface area contributed by atoms with Crippen molar-refractivity contribution in [1.82, 2.24) is 9.80 Å². The van der Waals surface area contributed by atoms with Crippen LogP contribution in [0.3, 0.4) is 0 Å². The van der Waals surface area contributed by atoms with E-state index in [1.165, 1.54) is 14.2 Å². The standard InChI is InChI=1S/C16H28N4O6/c1-25-15(21)5-3-13(17-23)11-19-7-9-20(10-8-19)12-14(18-24)4-6-16(22)26-2/h23-24H,3-12H2,1-2H3/b17-13-,18-14+. The molecule has 0 aromatic heterocycles. The summed E-state index contributed by atoms with van der Waals surface area (Å²) in [6, 6.07) is 0. The zero-order valence-corrected chi connectivity index (χ0v) is 15.4. The summed E-state index contributed by atoms with van der Waals surface area (Å²) in [5.74, 6) is -0.669. The van der Waals surface area contributed by atoms with Crippen LogP contribution >= 0.6 is 0 Å². The molecule has 0 aromatic rings. The van der Waals surface area contributed by atoms with E-state index in [-0.39, 0.29) is 24.8 Å². The van der Waals surface area contributed by atoms with Crippen LogP contribution < -0.4 is 0 Å². The Hall–Kier alpha value is -2.20. The van der Waals surface area contributed by atoms with E-state index in [0.29, 0.717) is 37.4 Å². The Bertz CT molecular complexity index is 469. The molecular weight excluding hydrogens is 344 g/mol. The van der Waals surface area contributed by atoms with E-state index in [0.717, 1.165) is 26.2 Å². The van der Waals surface area contributed by atoms with Crippen molar-refractivity contribution in [2.45, 2.75) is 25.7 Å². The summed E-state index contributed by atoms with van der Waals surface area (Å²) in [6.07, 6.45) is 1.09. The van der Waals surface area contributed by atoms with Crippen LogP contribution in [0.4, 0.5) is 0 Å². The molecule has 0 aliphatic carbocycles. The monoisotopic (exact) mass is 372 g/mol. The van der Waals surface area contributed by atoms with E-state index in [4.69, 9.17) is 10.4 Å². The average molecular weight is 372 g/mol. The summed E-state index contributed by atoms with van der Waals surface area (Å²) in [7, 11) is 2.65. The maximum atomic E-state index is 11.2. The highest BCUT2D eigenvalue weighted by molar-refractivity contribution is 5.89. The van der Waals surface area contributed by atoms with Crippen molar-refractivity contribution >= 4 is 23.4 Å². The van der Waals surface area contributed by atoms with Gasteiger partial charge in [-0.15, -0.1) is 0 Å². The second-order valence-corrected chi connectivity index (χ2v) is 6.04. The lowest BCUT2D eigenvalue weighted by molar-refractivity contribution is -0.141. The number of carbonyl (C=O) groups excluding carboxylic acids is 2.